The topological polar surface area (TPSA) is 61.7 Å². The molecule has 0 aliphatic carbocycles. The van der Waals surface area contributed by atoms with E-state index < -0.39 is 0 Å². The summed E-state index contributed by atoms with van der Waals surface area (Å²) < 4.78 is 12.0. The molecule has 0 spiro atoms. The highest BCUT2D eigenvalue weighted by Gasteiger charge is 2.26. The lowest BCUT2D eigenvalue weighted by molar-refractivity contribution is 0.673. The second-order valence-electron chi connectivity index (χ2n) is 20.0. The molecule has 0 saturated heterocycles. The van der Waals surface area contributed by atoms with Crippen LogP contribution in [-0.2, 0) is 0 Å². The molecule has 0 fully saturated rings. The molecule has 81 heavy (non-hydrogen) atoms. The Hall–Kier alpha value is -11.0. The van der Waals surface area contributed by atoms with Gasteiger partial charge in [-0.2, -0.15) is 0 Å². The molecule has 0 saturated carbocycles. The van der Waals surface area contributed by atoms with E-state index in [9.17, 15) is 0 Å². The van der Waals surface area contributed by atoms with Gasteiger partial charge in [-0.3, -0.25) is 0 Å². The molecule has 0 amide bonds. The van der Waals surface area contributed by atoms with E-state index in [4.69, 9.17) is 19.4 Å². The number of furan rings is 1. The van der Waals surface area contributed by atoms with Gasteiger partial charge >= 0.3 is 0 Å². The van der Waals surface area contributed by atoms with Gasteiger partial charge in [0.2, 0.25) is 0 Å². The first kappa shape index (κ1) is 48.4. The minimum Gasteiger partial charge on any atom is -0.455 e. The van der Waals surface area contributed by atoms with Gasteiger partial charge in [-0.05, 0) is 76.9 Å². The van der Waals surface area contributed by atoms with Crippen LogP contribution in [0.25, 0.3) is 140 Å². The Labute approximate surface area is 468 Å². The zero-order valence-electron chi connectivity index (χ0n) is 44.2. The number of allylic oxidation sites excluding steroid dienone is 8. The van der Waals surface area contributed by atoms with Crippen molar-refractivity contribution in [1.29, 1.82) is 0 Å². The second-order valence-corrected chi connectivity index (χ2v) is 20.0. The smallest absolute Gasteiger partial charge is 0.164 e. The Morgan fingerprint density at radius 3 is 1.68 bits per heavy atom. The van der Waals surface area contributed by atoms with Crippen molar-refractivity contribution >= 4 is 83.3 Å². The monoisotopic (exact) mass is 1040 g/mol. The summed E-state index contributed by atoms with van der Waals surface area (Å²) >= 11 is 0. The lowest BCUT2D eigenvalue weighted by atomic mass is 9.91. The molecule has 0 bridgehead atoms. The van der Waals surface area contributed by atoms with Crippen molar-refractivity contribution in [2.75, 3.05) is 0 Å². The van der Waals surface area contributed by atoms with Crippen molar-refractivity contribution < 1.29 is 4.42 Å². The first-order valence-corrected chi connectivity index (χ1v) is 27.2. The quantitative estimate of drug-likeness (QED) is 0.108. The van der Waals surface area contributed by atoms with Crippen LogP contribution in [0.2, 0.25) is 0 Å². The van der Waals surface area contributed by atoms with Gasteiger partial charge in [0, 0.05) is 66.5 Å². The van der Waals surface area contributed by atoms with Crippen molar-refractivity contribution in [2.45, 2.75) is 0 Å². The fourth-order valence-electron chi connectivity index (χ4n) is 11.4. The summed E-state index contributed by atoms with van der Waals surface area (Å²) in [4.78, 5) is 15.7. The van der Waals surface area contributed by atoms with Crippen LogP contribution < -0.4 is 0 Å². The molecule has 0 atom stereocenters. The molecule has 6 nitrogen and oxygen atoms in total. The Kier molecular flexibility index (Phi) is 12.4. The number of nitrogens with zero attached hydrogens (tertiary/aromatic N) is 5. The van der Waals surface area contributed by atoms with E-state index in [1.54, 1.807) is 6.08 Å². The summed E-state index contributed by atoms with van der Waals surface area (Å²) in [5.41, 5.74) is 16.5. The van der Waals surface area contributed by atoms with Crippen molar-refractivity contribution in [3.05, 3.63) is 303 Å². The van der Waals surface area contributed by atoms with Crippen LogP contribution in [0.1, 0.15) is 16.7 Å². The van der Waals surface area contributed by atoms with Gasteiger partial charge in [-0.15, -0.1) is 0 Å². The fourth-order valence-corrected chi connectivity index (χ4v) is 11.4. The average molecular weight is 1040 g/mol. The molecule has 14 rings (SSSR count). The minimum atomic E-state index is 0.542. The van der Waals surface area contributed by atoms with E-state index in [0.29, 0.717) is 17.5 Å². The Morgan fingerprint density at radius 1 is 0.407 bits per heavy atom. The number of aromatic nitrogens is 5. The zero-order chi connectivity index (χ0) is 54.2. The van der Waals surface area contributed by atoms with E-state index >= 15 is 0 Å². The molecule has 0 radical (unpaired) electrons. The molecule has 6 heteroatoms. The van der Waals surface area contributed by atoms with Crippen LogP contribution in [-0.4, -0.2) is 24.1 Å². The Morgan fingerprint density at radius 2 is 1.00 bits per heavy atom. The number of fused-ring (bicyclic) bond motifs is 10. The van der Waals surface area contributed by atoms with E-state index in [1.165, 1.54) is 10.8 Å². The fraction of sp³-hybridized carbons (Fsp3) is 0. The van der Waals surface area contributed by atoms with Crippen LogP contribution in [0, 0.1) is 0 Å². The molecular weight excluding hydrogens is 987 g/mol. The van der Waals surface area contributed by atoms with E-state index in [0.717, 1.165) is 116 Å². The Balaban J connectivity index is 1.07. The third kappa shape index (κ3) is 8.78. The largest absolute Gasteiger partial charge is 0.455 e. The van der Waals surface area contributed by atoms with Crippen LogP contribution in [0.4, 0.5) is 0 Å². The van der Waals surface area contributed by atoms with Gasteiger partial charge in [-0.1, -0.05) is 238 Å². The van der Waals surface area contributed by atoms with E-state index in [-0.39, 0.29) is 0 Å². The maximum absolute atomic E-state index is 7.26. The van der Waals surface area contributed by atoms with Crippen molar-refractivity contribution in [1.82, 2.24) is 24.1 Å². The van der Waals surface area contributed by atoms with Gasteiger partial charge in [0.05, 0.1) is 33.1 Å². The zero-order valence-corrected chi connectivity index (χ0v) is 44.2. The van der Waals surface area contributed by atoms with Gasteiger partial charge in [0.15, 0.2) is 17.5 Å². The second kappa shape index (κ2) is 20.8. The summed E-state index contributed by atoms with van der Waals surface area (Å²) in [5, 5.41) is 6.58. The van der Waals surface area contributed by atoms with Gasteiger partial charge in [0.25, 0.3) is 0 Å². The molecule has 10 aromatic carbocycles. The molecule has 0 aliphatic rings. The third-order valence-corrected chi connectivity index (χ3v) is 15.1. The van der Waals surface area contributed by atoms with Crippen molar-refractivity contribution in [2.24, 2.45) is 0 Å². The normalized spacial score (nSPS) is 12.2. The first-order chi connectivity index (χ1) is 40.1. The molecule has 4 aromatic heterocycles. The number of rotatable bonds is 13. The summed E-state index contributed by atoms with van der Waals surface area (Å²) in [6, 6.07) is 80.8. The highest BCUT2D eigenvalue weighted by Crippen LogP contribution is 2.47. The van der Waals surface area contributed by atoms with Crippen molar-refractivity contribution in [3.63, 3.8) is 0 Å². The molecule has 0 unspecified atom stereocenters. The molecule has 382 valence electrons. The average Bonchev–Trinajstić information content (AvgIpc) is 2.69. The summed E-state index contributed by atoms with van der Waals surface area (Å²) in [6.07, 6.45) is 18.1. The van der Waals surface area contributed by atoms with Crippen molar-refractivity contribution in [3.8, 4) is 56.7 Å². The lowest BCUT2D eigenvalue weighted by Crippen LogP contribution is -2.05. The third-order valence-electron chi connectivity index (χ3n) is 15.1. The van der Waals surface area contributed by atoms with E-state index in [1.807, 2.05) is 91.0 Å². The predicted molar refractivity (Wildman–Crippen MR) is 340 cm³/mol. The maximum atomic E-state index is 7.26. The SMILES string of the molecule is C=C/C=C\C=C\c1ccc(-c2cc(-c3nc(-c4ccccc4)nc(-c4ccccc4)n3)cc(/C(C=C)=C/C=C/c3ccccc3)c2-n2c3ccccc3c3c4oc5cc6c(cc5c4ccc32)c2ccccc2n6-c2ccccc2)cc1. The van der Waals surface area contributed by atoms with Gasteiger partial charge < -0.3 is 13.6 Å². The minimum absolute atomic E-state index is 0.542. The molecule has 14 aromatic rings. The number of hydrogen-bond donors (Lipinski definition) is 0. The Bertz CT molecular complexity index is 4810. The standard InChI is InChI=1S/C75H51N5O/c1-3-5-6-11-27-51-40-42-53(43-41-51)62-47-56(75-77-73(54-29-14-8-15-30-54)76-74(78-75)55-31-16-9-17-32-55)46-61(52(4-2)33-24-28-50-25-12-7-13-26-50)71(62)80-66-39-23-21-37-60(66)70-67(80)45-44-59-64-48-63-58-36-20-22-38-65(58)79(57-34-18-10-19-35-57)68(63)49-69(64)81-72(59)70/h3-49H,1-2H2/b6-5-,27-11+,28-24+,52-33+. The predicted octanol–water partition coefficient (Wildman–Crippen LogP) is 19.7. The number of benzene rings is 10. The summed E-state index contributed by atoms with van der Waals surface area (Å²) in [5.74, 6) is 1.70. The highest BCUT2D eigenvalue weighted by molar-refractivity contribution is 6.26. The van der Waals surface area contributed by atoms with Gasteiger partial charge in [-0.25, -0.2) is 15.0 Å². The van der Waals surface area contributed by atoms with Crippen LogP contribution in [0.15, 0.2) is 291 Å². The molecule has 0 N–H and O–H groups in total. The van der Waals surface area contributed by atoms with E-state index in [2.05, 4.69) is 210 Å². The lowest BCUT2D eigenvalue weighted by Gasteiger charge is -2.21. The maximum Gasteiger partial charge on any atom is 0.164 e. The molecule has 4 heterocycles. The number of para-hydroxylation sites is 3. The first-order valence-electron chi connectivity index (χ1n) is 27.2. The van der Waals surface area contributed by atoms with Crippen LogP contribution in [0.3, 0.4) is 0 Å². The highest BCUT2D eigenvalue weighted by atomic mass is 16.3. The molecular formula is C75H51N5O. The molecule has 0 aliphatic heterocycles. The van der Waals surface area contributed by atoms with Crippen LogP contribution in [0.5, 0.6) is 0 Å². The van der Waals surface area contributed by atoms with Gasteiger partial charge in [0.1, 0.15) is 11.2 Å². The van der Waals surface area contributed by atoms with Crippen LogP contribution >= 0.6 is 0 Å². The summed E-state index contributed by atoms with van der Waals surface area (Å²) in [7, 11) is 0. The summed E-state index contributed by atoms with van der Waals surface area (Å²) in [6.45, 7) is 8.36. The number of hydrogen-bond acceptors (Lipinski definition) is 4.